The maximum Gasteiger partial charge on any atom is 0.142 e. The van der Waals surface area contributed by atoms with E-state index in [0.717, 1.165) is 37.0 Å². The average Bonchev–Trinajstić information content (AvgIpc) is 3.79. The summed E-state index contributed by atoms with van der Waals surface area (Å²) < 4.78 is 9.22. The molecule has 48 heavy (non-hydrogen) atoms. The zero-order valence-electron chi connectivity index (χ0n) is 27.9. The Morgan fingerprint density at radius 1 is 0.688 bits per heavy atom. The molecule has 2 heterocycles. The molecule has 2 nitrogen and oxygen atoms in total. The van der Waals surface area contributed by atoms with Crippen LogP contribution >= 0.6 is 0 Å². The molecular weight excluding hydrogens is 583 g/mol. The van der Waals surface area contributed by atoms with Gasteiger partial charge in [-0.15, -0.1) is 0 Å². The van der Waals surface area contributed by atoms with Gasteiger partial charge in [-0.05, 0) is 78.8 Å². The fraction of sp³-hybridized carbons (Fsp3) is 0.174. The van der Waals surface area contributed by atoms with Crippen LogP contribution < -0.4 is 0 Å². The molecular formula is C46H39NO. The number of allylic oxidation sites excluding steroid dienone is 5. The highest BCUT2D eigenvalue weighted by Crippen LogP contribution is 2.50. The number of fused-ring (bicyclic) bond motifs is 10. The van der Waals surface area contributed by atoms with Gasteiger partial charge in [0.1, 0.15) is 11.3 Å². The molecule has 3 aliphatic carbocycles. The number of aromatic nitrogens is 1. The zero-order chi connectivity index (χ0) is 32.4. The molecule has 10 rings (SSSR count). The number of rotatable bonds is 2. The van der Waals surface area contributed by atoms with E-state index in [4.69, 9.17) is 4.42 Å². The Morgan fingerprint density at radius 2 is 1.44 bits per heavy atom. The van der Waals surface area contributed by atoms with Crippen molar-refractivity contribution in [3.63, 3.8) is 0 Å². The van der Waals surface area contributed by atoms with E-state index >= 15 is 0 Å². The van der Waals surface area contributed by atoms with Crippen LogP contribution in [0.2, 0.25) is 0 Å². The van der Waals surface area contributed by atoms with Crippen LogP contribution in [0, 0.1) is 0 Å². The molecule has 0 N–H and O–H groups in total. The summed E-state index contributed by atoms with van der Waals surface area (Å²) in [5.41, 5.74) is 12.9. The van der Waals surface area contributed by atoms with Gasteiger partial charge in [0.05, 0.1) is 11.2 Å². The van der Waals surface area contributed by atoms with Crippen molar-refractivity contribution in [2.24, 2.45) is 0 Å². The molecule has 3 aliphatic rings. The minimum atomic E-state index is 0.187. The first-order valence-electron chi connectivity index (χ1n) is 17.5. The maximum absolute atomic E-state index is 6.62. The summed E-state index contributed by atoms with van der Waals surface area (Å²) in [4.78, 5) is 0. The van der Waals surface area contributed by atoms with Crippen molar-refractivity contribution in [2.75, 3.05) is 0 Å². The van der Waals surface area contributed by atoms with Crippen molar-refractivity contribution >= 4 is 67.2 Å². The lowest BCUT2D eigenvalue weighted by molar-refractivity contribution is 0.545. The van der Waals surface area contributed by atoms with Gasteiger partial charge in [0.2, 0.25) is 0 Å². The molecule has 0 saturated carbocycles. The number of aryl methyl sites for hydroxylation is 2. The minimum Gasteiger partial charge on any atom is -0.460 e. The third kappa shape index (κ3) is 4.25. The minimum absolute atomic E-state index is 0.187. The van der Waals surface area contributed by atoms with E-state index in [1.165, 1.54) is 82.6 Å². The normalized spacial score (nSPS) is 16.4. The monoisotopic (exact) mass is 621 g/mol. The first-order valence-corrected chi connectivity index (χ1v) is 17.5. The van der Waals surface area contributed by atoms with Gasteiger partial charge in [-0.25, -0.2) is 0 Å². The number of furan rings is 1. The molecule has 1 unspecified atom stereocenters. The van der Waals surface area contributed by atoms with Crippen molar-refractivity contribution in [1.29, 1.82) is 0 Å². The second-order valence-corrected chi connectivity index (χ2v) is 13.3. The first-order chi connectivity index (χ1) is 23.7. The molecule has 0 aliphatic heterocycles. The molecule has 5 aromatic carbocycles. The van der Waals surface area contributed by atoms with E-state index in [1.54, 1.807) is 0 Å². The summed E-state index contributed by atoms with van der Waals surface area (Å²) >= 11 is 0. The van der Waals surface area contributed by atoms with Crippen LogP contribution in [0.25, 0.3) is 72.9 Å². The molecule has 234 valence electrons. The standard InChI is InChI=1S/C42H31NO.C4H8/c1-25-35(34-18-10-17-33-31-16-7-9-20-39(31)44-42(33)34)24-37-30-15-6-8-19-38(30)43(40(25)37)41-29-14-5-3-12-27(29)23-36-28-13-4-2-11-26(28)21-22-32(36)41;1-3-4-2/h3-8,10,12-19,21-25H,2,9,11,20H2,1H3;3-4H,1-2H3/b;4-3-. The summed E-state index contributed by atoms with van der Waals surface area (Å²) in [6.45, 7) is 6.38. The van der Waals surface area contributed by atoms with E-state index in [-0.39, 0.29) is 5.92 Å². The van der Waals surface area contributed by atoms with Crippen molar-refractivity contribution < 1.29 is 4.42 Å². The second-order valence-electron chi connectivity index (χ2n) is 13.3. The number of hydrogen-bond donors (Lipinski definition) is 0. The Morgan fingerprint density at radius 3 is 2.29 bits per heavy atom. The molecule has 0 radical (unpaired) electrons. The summed E-state index contributed by atoms with van der Waals surface area (Å²) in [5, 5.41) is 7.76. The van der Waals surface area contributed by atoms with E-state index in [1.807, 2.05) is 26.0 Å². The second kappa shape index (κ2) is 11.4. The summed E-state index contributed by atoms with van der Waals surface area (Å²) in [6, 6.07) is 31.7. The van der Waals surface area contributed by atoms with Gasteiger partial charge in [0.15, 0.2) is 0 Å². The Labute approximate surface area is 282 Å². The fourth-order valence-corrected chi connectivity index (χ4v) is 8.32. The predicted octanol–water partition coefficient (Wildman–Crippen LogP) is 12.8. The van der Waals surface area contributed by atoms with Crippen LogP contribution in [0.3, 0.4) is 0 Å². The fourth-order valence-electron chi connectivity index (χ4n) is 8.32. The van der Waals surface area contributed by atoms with Gasteiger partial charge in [0, 0.05) is 56.3 Å². The molecule has 7 aromatic rings. The highest BCUT2D eigenvalue weighted by atomic mass is 16.3. The van der Waals surface area contributed by atoms with Crippen molar-refractivity contribution in [3.05, 3.63) is 149 Å². The van der Waals surface area contributed by atoms with Crippen LogP contribution in [-0.4, -0.2) is 4.57 Å². The van der Waals surface area contributed by atoms with Gasteiger partial charge < -0.3 is 8.98 Å². The average molecular weight is 622 g/mol. The van der Waals surface area contributed by atoms with Gasteiger partial charge in [-0.1, -0.05) is 116 Å². The van der Waals surface area contributed by atoms with Crippen LogP contribution in [0.5, 0.6) is 0 Å². The molecule has 0 amide bonds. The Hall–Kier alpha value is -5.34. The summed E-state index contributed by atoms with van der Waals surface area (Å²) in [6.07, 6.45) is 19.9. The number of hydrogen-bond acceptors (Lipinski definition) is 1. The third-order valence-corrected chi connectivity index (χ3v) is 10.7. The number of para-hydroxylation sites is 2. The van der Waals surface area contributed by atoms with Crippen LogP contribution in [-0.2, 0) is 12.8 Å². The SMILES string of the molecule is C/C=C\C.CC1C(c2cccc3c4c(oc23)CCC=C4)=Cc2c1n(-c1c3ccccc3cc3c4c(ccc13)CCC=C4)c1ccccc21. The van der Waals surface area contributed by atoms with Crippen molar-refractivity contribution in [3.8, 4) is 5.69 Å². The highest BCUT2D eigenvalue weighted by Gasteiger charge is 2.33. The number of benzene rings is 5. The smallest absolute Gasteiger partial charge is 0.142 e. The topological polar surface area (TPSA) is 18.1 Å². The van der Waals surface area contributed by atoms with E-state index in [0.29, 0.717) is 0 Å². The molecule has 0 fully saturated rings. The predicted molar refractivity (Wildman–Crippen MR) is 206 cm³/mol. The molecule has 1 atom stereocenters. The van der Waals surface area contributed by atoms with Gasteiger partial charge in [-0.3, -0.25) is 0 Å². The van der Waals surface area contributed by atoms with Crippen LogP contribution in [0.4, 0.5) is 0 Å². The van der Waals surface area contributed by atoms with E-state index < -0.39 is 0 Å². The Bertz CT molecular complexity index is 2540. The summed E-state index contributed by atoms with van der Waals surface area (Å²) in [7, 11) is 0. The first kappa shape index (κ1) is 28.8. The van der Waals surface area contributed by atoms with Gasteiger partial charge in [0.25, 0.3) is 0 Å². The zero-order valence-corrected chi connectivity index (χ0v) is 27.9. The lowest BCUT2D eigenvalue weighted by Gasteiger charge is -2.22. The lowest BCUT2D eigenvalue weighted by Crippen LogP contribution is -2.06. The van der Waals surface area contributed by atoms with E-state index in [2.05, 4.69) is 127 Å². The molecule has 0 bridgehead atoms. The molecule has 0 spiro atoms. The highest BCUT2D eigenvalue weighted by molar-refractivity contribution is 6.13. The van der Waals surface area contributed by atoms with Crippen molar-refractivity contribution in [2.45, 2.75) is 52.4 Å². The quantitative estimate of drug-likeness (QED) is 0.139. The summed E-state index contributed by atoms with van der Waals surface area (Å²) in [5.74, 6) is 1.31. The third-order valence-electron chi connectivity index (χ3n) is 10.7. The Balaban J connectivity index is 0.000000746. The van der Waals surface area contributed by atoms with Crippen molar-refractivity contribution in [1.82, 2.24) is 4.57 Å². The van der Waals surface area contributed by atoms with Gasteiger partial charge in [-0.2, -0.15) is 0 Å². The van der Waals surface area contributed by atoms with Crippen LogP contribution in [0.1, 0.15) is 78.8 Å². The molecule has 0 saturated heterocycles. The Kier molecular flexibility index (Phi) is 6.86. The maximum atomic E-state index is 6.62. The molecule has 2 aromatic heterocycles. The van der Waals surface area contributed by atoms with Gasteiger partial charge >= 0.3 is 0 Å². The molecule has 2 heteroatoms. The number of nitrogens with zero attached hydrogens (tertiary/aromatic N) is 1. The van der Waals surface area contributed by atoms with Crippen LogP contribution in [0.15, 0.2) is 114 Å². The van der Waals surface area contributed by atoms with E-state index in [9.17, 15) is 0 Å². The largest absolute Gasteiger partial charge is 0.460 e. The lowest BCUT2D eigenvalue weighted by atomic mass is 9.89.